The molecule has 1 aliphatic heterocycles. The molecular weight excluding hydrogens is 398 g/mol. The van der Waals surface area contributed by atoms with E-state index in [9.17, 15) is 13.2 Å². The summed E-state index contributed by atoms with van der Waals surface area (Å²) in [5.41, 5.74) is 0.918. The van der Waals surface area contributed by atoms with E-state index in [-0.39, 0.29) is 28.7 Å². The number of sulfone groups is 1. The molecule has 1 amide bonds. The summed E-state index contributed by atoms with van der Waals surface area (Å²) in [6.45, 7) is 6.89. The maximum Gasteiger partial charge on any atom is 0.236 e. The summed E-state index contributed by atoms with van der Waals surface area (Å²) in [6, 6.07) is 3.51. The molecule has 0 spiro atoms. The molecule has 28 heavy (non-hydrogen) atoms. The van der Waals surface area contributed by atoms with Crippen molar-refractivity contribution in [3.63, 3.8) is 0 Å². The van der Waals surface area contributed by atoms with Crippen LogP contribution in [0.3, 0.4) is 0 Å². The number of nitrogens with zero attached hydrogens (tertiary/aromatic N) is 5. The lowest BCUT2D eigenvalue weighted by Gasteiger charge is -2.29. The van der Waals surface area contributed by atoms with Crippen LogP contribution in [0.1, 0.15) is 27.2 Å². The molecule has 1 fully saturated rings. The largest absolute Gasteiger partial charge is 0.338 e. The summed E-state index contributed by atoms with van der Waals surface area (Å²) in [7, 11) is -3.04. The Hall–Kier alpha value is -1.94. The van der Waals surface area contributed by atoms with Gasteiger partial charge in [-0.3, -0.25) is 9.78 Å². The lowest BCUT2D eigenvalue weighted by molar-refractivity contribution is -0.131. The van der Waals surface area contributed by atoms with Crippen LogP contribution in [-0.2, 0) is 21.2 Å². The zero-order chi connectivity index (χ0) is 20.3. The van der Waals surface area contributed by atoms with Crippen LogP contribution in [0.4, 0.5) is 0 Å². The molecule has 0 aromatic carbocycles. The molecule has 0 N–H and O–H groups in total. The third kappa shape index (κ3) is 4.38. The zero-order valence-electron chi connectivity index (χ0n) is 16.3. The van der Waals surface area contributed by atoms with Crippen molar-refractivity contribution in [2.45, 2.75) is 50.2 Å². The summed E-state index contributed by atoms with van der Waals surface area (Å²) in [6.07, 6.45) is 3.92. The highest BCUT2D eigenvalue weighted by Crippen LogP contribution is 2.28. The van der Waals surface area contributed by atoms with Crippen LogP contribution >= 0.6 is 11.8 Å². The predicted molar refractivity (Wildman–Crippen MR) is 109 cm³/mol. The van der Waals surface area contributed by atoms with Gasteiger partial charge in [-0.2, -0.15) is 0 Å². The van der Waals surface area contributed by atoms with Gasteiger partial charge in [-0.25, -0.2) is 8.42 Å². The molecule has 0 radical (unpaired) electrons. The minimum absolute atomic E-state index is 0.0568. The monoisotopic (exact) mass is 423 g/mol. The van der Waals surface area contributed by atoms with Gasteiger partial charge in [0.25, 0.3) is 0 Å². The molecule has 2 aromatic rings. The van der Waals surface area contributed by atoms with Crippen molar-refractivity contribution in [2.24, 2.45) is 0 Å². The van der Waals surface area contributed by atoms with Crippen molar-refractivity contribution in [3.05, 3.63) is 24.5 Å². The average molecular weight is 424 g/mol. The van der Waals surface area contributed by atoms with Crippen LogP contribution in [0.5, 0.6) is 0 Å². The van der Waals surface area contributed by atoms with E-state index in [1.807, 2.05) is 37.5 Å². The Morgan fingerprint density at radius 2 is 2.04 bits per heavy atom. The summed E-state index contributed by atoms with van der Waals surface area (Å²) in [5.74, 6) is 0.885. The van der Waals surface area contributed by atoms with Gasteiger partial charge in [0.2, 0.25) is 5.91 Å². The third-order valence-electron chi connectivity index (χ3n) is 4.87. The van der Waals surface area contributed by atoms with Gasteiger partial charge in [0, 0.05) is 37.1 Å². The van der Waals surface area contributed by atoms with Gasteiger partial charge in [-0.15, -0.1) is 10.2 Å². The van der Waals surface area contributed by atoms with Crippen LogP contribution in [0, 0.1) is 0 Å². The van der Waals surface area contributed by atoms with E-state index in [2.05, 4.69) is 15.2 Å². The number of thioether (sulfide) groups is 1. The molecule has 0 bridgehead atoms. The Kier molecular flexibility index (Phi) is 6.39. The quantitative estimate of drug-likeness (QED) is 0.627. The molecule has 3 heterocycles. The number of amides is 1. The fourth-order valence-corrected chi connectivity index (χ4v) is 6.15. The van der Waals surface area contributed by atoms with Crippen LogP contribution in [0.2, 0.25) is 0 Å². The first-order chi connectivity index (χ1) is 13.4. The second-order valence-electron chi connectivity index (χ2n) is 6.73. The number of hydrogen-bond acceptors (Lipinski definition) is 7. The highest BCUT2D eigenvalue weighted by atomic mass is 32.2. The van der Waals surface area contributed by atoms with E-state index >= 15 is 0 Å². The standard InChI is InChI=1S/C18H25N5O3S2/c1-4-22(15-8-11-28(25,26)12-15)17(24)13(3)27-18-21-20-16(23(18)5-2)14-6-9-19-10-7-14/h6-7,9-10,13,15H,4-5,8,11-12H2,1-3H3/t13-,15-/m1/s1. The van der Waals surface area contributed by atoms with E-state index in [4.69, 9.17) is 0 Å². The van der Waals surface area contributed by atoms with Gasteiger partial charge in [-0.05, 0) is 39.3 Å². The van der Waals surface area contributed by atoms with E-state index in [0.717, 1.165) is 11.4 Å². The number of hydrogen-bond donors (Lipinski definition) is 0. The third-order valence-corrected chi connectivity index (χ3v) is 7.69. The molecular formula is C18H25N5O3S2. The van der Waals surface area contributed by atoms with Crippen LogP contribution < -0.4 is 0 Å². The summed E-state index contributed by atoms with van der Waals surface area (Å²) < 4.78 is 25.6. The lowest BCUT2D eigenvalue weighted by Crippen LogP contribution is -2.44. The number of pyridine rings is 1. The first kappa shape index (κ1) is 20.8. The Balaban J connectivity index is 1.76. The maximum absolute atomic E-state index is 13.0. The van der Waals surface area contributed by atoms with Crippen LogP contribution in [-0.4, -0.2) is 68.3 Å². The highest BCUT2D eigenvalue weighted by molar-refractivity contribution is 8.00. The molecule has 2 atom stereocenters. The number of carbonyl (C=O) groups excluding carboxylic acids is 1. The zero-order valence-corrected chi connectivity index (χ0v) is 17.9. The predicted octanol–water partition coefficient (Wildman–Crippen LogP) is 1.88. The molecule has 8 nitrogen and oxygen atoms in total. The second kappa shape index (κ2) is 8.60. The maximum atomic E-state index is 13.0. The topological polar surface area (TPSA) is 98.1 Å². The van der Waals surface area contributed by atoms with Gasteiger partial charge in [0.05, 0.1) is 16.8 Å². The van der Waals surface area contributed by atoms with Gasteiger partial charge >= 0.3 is 0 Å². The molecule has 0 aliphatic carbocycles. The first-order valence-corrected chi connectivity index (χ1v) is 12.1. The molecule has 10 heteroatoms. The minimum atomic E-state index is -3.04. The average Bonchev–Trinajstić information content (AvgIpc) is 3.25. The fourth-order valence-electron chi connectivity index (χ4n) is 3.43. The Morgan fingerprint density at radius 1 is 1.32 bits per heavy atom. The molecule has 1 saturated heterocycles. The molecule has 2 aromatic heterocycles. The molecule has 1 aliphatic rings. The Bertz CT molecular complexity index is 930. The minimum Gasteiger partial charge on any atom is -0.338 e. The van der Waals surface area contributed by atoms with Gasteiger partial charge in [0.1, 0.15) is 0 Å². The number of aromatic nitrogens is 4. The summed E-state index contributed by atoms with van der Waals surface area (Å²) >= 11 is 1.35. The second-order valence-corrected chi connectivity index (χ2v) is 10.3. The highest BCUT2D eigenvalue weighted by Gasteiger charge is 2.35. The molecule has 0 unspecified atom stereocenters. The number of carbonyl (C=O) groups is 1. The van der Waals surface area contributed by atoms with Gasteiger partial charge in [0.15, 0.2) is 20.8 Å². The van der Waals surface area contributed by atoms with Crippen molar-refractivity contribution in [1.82, 2.24) is 24.6 Å². The fraction of sp³-hybridized carbons (Fsp3) is 0.556. The number of rotatable bonds is 7. The molecule has 0 saturated carbocycles. The SMILES string of the molecule is CCN(C(=O)[C@@H](C)Sc1nnc(-c2ccncc2)n1CC)[C@@H]1CCS(=O)(=O)C1. The van der Waals surface area contributed by atoms with Gasteiger partial charge in [-0.1, -0.05) is 11.8 Å². The van der Waals surface area contributed by atoms with Crippen LogP contribution in [0.15, 0.2) is 29.7 Å². The smallest absolute Gasteiger partial charge is 0.236 e. The van der Waals surface area contributed by atoms with Crippen molar-refractivity contribution < 1.29 is 13.2 Å². The van der Waals surface area contributed by atoms with Crippen molar-refractivity contribution in [3.8, 4) is 11.4 Å². The van der Waals surface area contributed by atoms with E-state index in [1.54, 1.807) is 17.3 Å². The Morgan fingerprint density at radius 3 is 2.61 bits per heavy atom. The summed E-state index contributed by atoms with van der Waals surface area (Å²) in [5, 5.41) is 8.86. The molecule has 3 rings (SSSR count). The van der Waals surface area contributed by atoms with Crippen LogP contribution in [0.25, 0.3) is 11.4 Å². The molecule has 152 valence electrons. The Labute approximate surface area is 169 Å². The van der Waals surface area contributed by atoms with Crippen molar-refractivity contribution in [2.75, 3.05) is 18.1 Å². The van der Waals surface area contributed by atoms with E-state index in [1.165, 1.54) is 11.8 Å². The van der Waals surface area contributed by atoms with Crippen molar-refractivity contribution in [1.29, 1.82) is 0 Å². The van der Waals surface area contributed by atoms with E-state index < -0.39 is 9.84 Å². The normalized spacial score (nSPS) is 19.5. The lowest BCUT2D eigenvalue weighted by atomic mass is 10.2. The van der Waals surface area contributed by atoms with Crippen molar-refractivity contribution >= 4 is 27.5 Å². The first-order valence-electron chi connectivity index (χ1n) is 9.37. The van der Waals surface area contributed by atoms with Gasteiger partial charge < -0.3 is 9.47 Å². The van der Waals surface area contributed by atoms with E-state index in [0.29, 0.717) is 24.7 Å². The summed E-state index contributed by atoms with van der Waals surface area (Å²) in [4.78, 5) is 18.7.